The van der Waals surface area contributed by atoms with Crippen molar-refractivity contribution in [3.63, 3.8) is 0 Å². The zero-order valence-electron chi connectivity index (χ0n) is 11.0. The van der Waals surface area contributed by atoms with E-state index in [1.54, 1.807) is 24.3 Å². The van der Waals surface area contributed by atoms with Crippen LogP contribution < -0.4 is 0 Å². The van der Waals surface area contributed by atoms with Gasteiger partial charge in [-0.05, 0) is 0 Å². The first kappa shape index (κ1) is 16.0. The van der Waals surface area contributed by atoms with Crippen molar-refractivity contribution in [2.75, 3.05) is 0 Å². The van der Waals surface area contributed by atoms with E-state index in [0.717, 1.165) is 24.5 Å². The first-order valence-corrected chi connectivity index (χ1v) is 9.49. The normalized spacial score (nSPS) is 10.9. The van der Waals surface area contributed by atoms with Gasteiger partial charge in [-0.15, -0.1) is 0 Å². The molecule has 0 unspecified atom stereocenters. The standard InChI is InChI=1S/C16H9BrCl2O2Se/c17-10-7-15(8-1-3-13(20)11(18)5-8)22-16(10)9-2-4-14(21)12(19)6-9/h1-7,20-21H. The summed E-state index contributed by atoms with van der Waals surface area (Å²) in [5.74, 6) is 0.153. The molecule has 2 nitrogen and oxygen atoms in total. The zero-order chi connectivity index (χ0) is 15.9. The van der Waals surface area contributed by atoms with Crippen LogP contribution in [0.15, 0.2) is 46.9 Å². The van der Waals surface area contributed by atoms with Gasteiger partial charge in [0, 0.05) is 0 Å². The molecule has 0 bridgehead atoms. The quantitative estimate of drug-likeness (QED) is 0.489. The van der Waals surface area contributed by atoms with Crippen LogP contribution in [-0.2, 0) is 0 Å². The SMILES string of the molecule is Oc1ccc(-c2cc(Br)c(-c3ccc(O)c(Cl)c3)[se]2)cc1Cl. The van der Waals surface area contributed by atoms with Crippen molar-refractivity contribution < 1.29 is 10.2 Å². The predicted molar refractivity (Wildman–Crippen MR) is 95.3 cm³/mol. The molecule has 6 heteroatoms. The number of hydrogen-bond acceptors (Lipinski definition) is 2. The third kappa shape index (κ3) is 3.08. The van der Waals surface area contributed by atoms with Gasteiger partial charge < -0.3 is 0 Å². The van der Waals surface area contributed by atoms with Crippen LogP contribution in [0, 0.1) is 0 Å². The van der Waals surface area contributed by atoms with E-state index in [0.29, 0.717) is 10.0 Å². The first-order chi connectivity index (χ1) is 10.5. The molecule has 2 N–H and O–H groups in total. The molecule has 0 aliphatic heterocycles. The summed E-state index contributed by atoms with van der Waals surface area (Å²) in [4.78, 5) is 0. The summed E-state index contributed by atoms with van der Waals surface area (Å²) in [5, 5.41) is 19.7. The van der Waals surface area contributed by atoms with E-state index in [1.165, 1.54) is 0 Å². The molecule has 0 amide bonds. The Labute approximate surface area is 151 Å². The van der Waals surface area contributed by atoms with E-state index in [2.05, 4.69) is 22.0 Å². The molecule has 0 fully saturated rings. The molecule has 112 valence electrons. The van der Waals surface area contributed by atoms with Crippen molar-refractivity contribution in [3.8, 4) is 31.5 Å². The van der Waals surface area contributed by atoms with Gasteiger partial charge in [0.2, 0.25) is 0 Å². The number of rotatable bonds is 2. The summed E-state index contributed by atoms with van der Waals surface area (Å²) in [7, 11) is 0. The first-order valence-electron chi connectivity index (χ1n) is 6.23. The Morgan fingerprint density at radius 1 is 0.818 bits per heavy atom. The Morgan fingerprint density at radius 3 is 1.95 bits per heavy atom. The monoisotopic (exact) mass is 462 g/mol. The van der Waals surface area contributed by atoms with Crippen molar-refractivity contribution >= 4 is 53.6 Å². The molecule has 3 rings (SSSR count). The third-order valence-corrected chi connectivity index (χ3v) is 7.54. The molecule has 0 aliphatic carbocycles. The molecule has 0 aliphatic rings. The van der Waals surface area contributed by atoms with Crippen LogP contribution in [0.2, 0.25) is 10.0 Å². The molecule has 0 spiro atoms. The van der Waals surface area contributed by atoms with E-state index in [9.17, 15) is 10.2 Å². The Kier molecular flexibility index (Phi) is 4.58. The second kappa shape index (κ2) is 6.31. The van der Waals surface area contributed by atoms with Crippen molar-refractivity contribution in [3.05, 3.63) is 57.0 Å². The number of halogens is 3. The van der Waals surface area contributed by atoms with Crippen molar-refractivity contribution in [2.45, 2.75) is 0 Å². The molecule has 22 heavy (non-hydrogen) atoms. The van der Waals surface area contributed by atoms with Gasteiger partial charge in [-0.2, -0.15) is 0 Å². The van der Waals surface area contributed by atoms with Crippen LogP contribution in [0.1, 0.15) is 0 Å². The number of aromatic hydroxyl groups is 2. The average molecular weight is 463 g/mol. The number of hydrogen-bond donors (Lipinski definition) is 2. The minimum atomic E-state index is 0.0689. The molecule has 0 radical (unpaired) electrons. The van der Waals surface area contributed by atoms with Crippen LogP contribution in [0.3, 0.4) is 0 Å². The van der Waals surface area contributed by atoms with Crippen molar-refractivity contribution in [1.82, 2.24) is 0 Å². The average Bonchev–Trinajstić information content (AvgIpc) is 2.87. The second-order valence-electron chi connectivity index (χ2n) is 4.62. The molecule has 1 heterocycles. The van der Waals surface area contributed by atoms with Gasteiger partial charge >= 0.3 is 152 Å². The van der Waals surface area contributed by atoms with Gasteiger partial charge in [-0.1, -0.05) is 0 Å². The van der Waals surface area contributed by atoms with Gasteiger partial charge in [0.05, 0.1) is 0 Å². The summed E-state index contributed by atoms with van der Waals surface area (Å²) in [6.45, 7) is 0. The minimum absolute atomic E-state index is 0.0689. The molecule has 0 saturated carbocycles. The van der Waals surface area contributed by atoms with Crippen LogP contribution in [0.5, 0.6) is 11.5 Å². The van der Waals surface area contributed by atoms with E-state index in [1.807, 2.05) is 12.1 Å². The summed E-state index contributed by atoms with van der Waals surface area (Å²) in [6.07, 6.45) is 0. The molecular weight excluding hydrogens is 454 g/mol. The van der Waals surface area contributed by atoms with Crippen LogP contribution >= 0.6 is 39.1 Å². The van der Waals surface area contributed by atoms with Crippen LogP contribution in [0.25, 0.3) is 20.0 Å². The fraction of sp³-hybridized carbons (Fsp3) is 0. The predicted octanol–water partition coefficient (Wildman–Crippen LogP) is 5.56. The van der Waals surface area contributed by atoms with E-state index < -0.39 is 0 Å². The maximum atomic E-state index is 9.53. The molecule has 2 aromatic carbocycles. The van der Waals surface area contributed by atoms with Gasteiger partial charge in [0.25, 0.3) is 0 Å². The van der Waals surface area contributed by atoms with E-state index >= 15 is 0 Å². The summed E-state index contributed by atoms with van der Waals surface area (Å²) in [6, 6.07) is 12.5. The fourth-order valence-corrected chi connectivity index (χ4v) is 5.78. The second-order valence-corrected chi connectivity index (χ2v) is 8.50. The maximum absolute atomic E-state index is 9.53. The van der Waals surface area contributed by atoms with E-state index in [4.69, 9.17) is 23.2 Å². The molecule has 0 saturated heterocycles. The Hall–Kier alpha value is -0.901. The molecular formula is C16H9BrCl2O2Se. The molecule has 0 atom stereocenters. The van der Waals surface area contributed by atoms with Crippen molar-refractivity contribution in [1.29, 1.82) is 0 Å². The third-order valence-electron chi connectivity index (χ3n) is 3.13. The Balaban J connectivity index is 2.06. The number of phenols is 2. The van der Waals surface area contributed by atoms with Crippen LogP contribution in [0.4, 0.5) is 0 Å². The topological polar surface area (TPSA) is 40.5 Å². The van der Waals surface area contributed by atoms with Gasteiger partial charge in [-0.25, -0.2) is 0 Å². The molecule has 3 aromatic rings. The Bertz CT molecular complexity index is 861. The summed E-state index contributed by atoms with van der Waals surface area (Å²) >= 11 is 15.6. The number of benzene rings is 2. The molecule has 1 aromatic heterocycles. The Morgan fingerprint density at radius 2 is 1.36 bits per heavy atom. The van der Waals surface area contributed by atoms with Gasteiger partial charge in [-0.3, -0.25) is 0 Å². The van der Waals surface area contributed by atoms with Gasteiger partial charge in [0.1, 0.15) is 0 Å². The van der Waals surface area contributed by atoms with E-state index in [-0.39, 0.29) is 26.0 Å². The van der Waals surface area contributed by atoms with Crippen LogP contribution in [-0.4, -0.2) is 24.7 Å². The number of phenolic OH excluding ortho intramolecular Hbond substituents is 2. The van der Waals surface area contributed by atoms with Gasteiger partial charge in [0.15, 0.2) is 0 Å². The zero-order valence-corrected chi connectivity index (χ0v) is 15.8. The fourth-order valence-electron chi connectivity index (χ4n) is 2.02. The summed E-state index contributed by atoms with van der Waals surface area (Å²) in [5.41, 5.74) is 1.96. The summed E-state index contributed by atoms with van der Waals surface area (Å²) < 4.78 is 3.29. The van der Waals surface area contributed by atoms with Crippen molar-refractivity contribution in [2.24, 2.45) is 0 Å².